The van der Waals surface area contributed by atoms with Crippen molar-refractivity contribution in [3.8, 4) is 11.3 Å². The second-order valence-electron chi connectivity index (χ2n) is 3.84. The van der Waals surface area contributed by atoms with Crippen molar-refractivity contribution < 1.29 is 9.21 Å². The van der Waals surface area contributed by atoms with E-state index in [-0.39, 0.29) is 5.78 Å². The van der Waals surface area contributed by atoms with Gasteiger partial charge >= 0.3 is 0 Å². The van der Waals surface area contributed by atoms with Crippen molar-refractivity contribution in [2.75, 3.05) is 0 Å². The van der Waals surface area contributed by atoms with Crippen LogP contribution in [0.5, 0.6) is 0 Å². The van der Waals surface area contributed by atoms with Crippen molar-refractivity contribution in [1.29, 1.82) is 0 Å². The zero-order valence-electron chi connectivity index (χ0n) is 9.57. The third-order valence-corrected chi connectivity index (χ3v) is 2.74. The Morgan fingerprint density at radius 1 is 1.18 bits per heavy atom. The SMILES string of the molecule is CCCC(=O)c1ccc(-c2ccc(Cl)cc2)o1. The van der Waals surface area contributed by atoms with Gasteiger partial charge in [0.2, 0.25) is 0 Å². The van der Waals surface area contributed by atoms with Crippen LogP contribution >= 0.6 is 11.6 Å². The van der Waals surface area contributed by atoms with E-state index in [1.165, 1.54) is 0 Å². The molecule has 3 heteroatoms. The largest absolute Gasteiger partial charge is 0.453 e. The summed E-state index contributed by atoms with van der Waals surface area (Å²) in [7, 11) is 0. The molecule has 0 aliphatic heterocycles. The lowest BCUT2D eigenvalue weighted by molar-refractivity contribution is 0.0955. The molecular weight excluding hydrogens is 236 g/mol. The van der Waals surface area contributed by atoms with Gasteiger partial charge in [-0.2, -0.15) is 0 Å². The molecule has 0 saturated heterocycles. The Labute approximate surface area is 105 Å². The molecule has 0 bridgehead atoms. The van der Waals surface area contributed by atoms with Gasteiger partial charge in [0.25, 0.3) is 0 Å². The molecule has 0 atom stereocenters. The van der Waals surface area contributed by atoms with Crippen LogP contribution in [-0.4, -0.2) is 5.78 Å². The molecule has 17 heavy (non-hydrogen) atoms. The van der Waals surface area contributed by atoms with Crippen molar-refractivity contribution in [3.63, 3.8) is 0 Å². The number of rotatable bonds is 4. The van der Waals surface area contributed by atoms with Crippen LogP contribution in [0.25, 0.3) is 11.3 Å². The number of hydrogen-bond acceptors (Lipinski definition) is 2. The van der Waals surface area contributed by atoms with Crippen LogP contribution in [0.3, 0.4) is 0 Å². The molecule has 0 aliphatic rings. The van der Waals surface area contributed by atoms with Crippen molar-refractivity contribution in [1.82, 2.24) is 0 Å². The van der Waals surface area contributed by atoms with E-state index in [0.29, 0.717) is 23.0 Å². The Hall–Kier alpha value is -1.54. The van der Waals surface area contributed by atoms with Crippen LogP contribution in [0.1, 0.15) is 30.3 Å². The molecule has 1 aromatic heterocycles. The minimum Gasteiger partial charge on any atom is -0.453 e. The molecule has 0 saturated carbocycles. The Morgan fingerprint density at radius 3 is 2.53 bits per heavy atom. The molecule has 0 radical (unpaired) electrons. The molecular formula is C14H13ClO2. The second-order valence-corrected chi connectivity index (χ2v) is 4.28. The highest BCUT2D eigenvalue weighted by molar-refractivity contribution is 6.30. The number of carbonyl (C=O) groups is 1. The predicted octanol–water partition coefficient (Wildman–Crippen LogP) is 4.58. The molecule has 1 heterocycles. The van der Waals surface area contributed by atoms with Crippen LogP contribution in [0, 0.1) is 0 Å². The van der Waals surface area contributed by atoms with Gasteiger partial charge in [-0.25, -0.2) is 0 Å². The van der Waals surface area contributed by atoms with E-state index >= 15 is 0 Å². The maximum absolute atomic E-state index is 11.6. The molecule has 2 rings (SSSR count). The van der Waals surface area contributed by atoms with Crippen LogP contribution < -0.4 is 0 Å². The summed E-state index contributed by atoms with van der Waals surface area (Å²) < 4.78 is 5.53. The number of ketones is 1. The molecule has 0 aliphatic carbocycles. The van der Waals surface area contributed by atoms with E-state index in [9.17, 15) is 4.79 Å². The van der Waals surface area contributed by atoms with E-state index < -0.39 is 0 Å². The van der Waals surface area contributed by atoms with Gasteiger partial charge in [0, 0.05) is 17.0 Å². The number of Topliss-reactive ketones (excluding diaryl/α,β-unsaturated/α-hetero) is 1. The van der Waals surface area contributed by atoms with Crippen molar-refractivity contribution >= 4 is 17.4 Å². The number of carbonyl (C=O) groups excluding carboxylic acids is 1. The molecule has 1 aromatic carbocycles. The summed E-state index contributed by atoms with van der Waals surface area (Å²) in [5, 5.41) is 0.683. The van der Waals surface area contributed by atoms with E-state index in [0.717, 1.165) is 12.0 Å². The number of halogens is 1. The molecule has 2 nitrogen and oxygen atoms in total. The van der Waals surface area contributed by atoms with Gasteiger partial charge < -0.3 is 4.42 Å². The lowest BCUT2D eigenvalue weighted by Gasteiger charge is -1.97. The zero-order chi connectivity index (χ0) is 12.3. The van der Waals surface area contributed by atoms with Crippen LogP contribution in [0.15, 0.2) is 40.8 Å². The van der Waals surface area contributed by atoms with Crippen molar-refractivity contribution in [2.24, 2.45) is 0 Å². The van der Waals surface area contributed by atoms with E-state index in [1.807, 2.05) is 25.1 Å². The monoisotopic (exact) mass is 248 g/mol. The Morgan fingerprint density at radius 2 is 1.88 bits per heavy atom. The Bertz CT molecular complexity index is 511. The van der Waals surface area contributed by atoms with Gasteiger partial charge in [-0.3, -0.25) is 4.79 Å². The van der Waals surface area contributed by atoms with Gasteiger partial charge in [-0.15, -0.1) is 0 Å². The average Bonchev–Trinajstić information content (AvgIpc) is 2.80. The predicted molar refractivity (Wildman–Crippen MR) is 68.4 cm³/mol. The fourth-order valence-electron chi connectivity index (χ4n) is 1.61. The summed E-state index contributed by atoms with van der Waals surface area (Å²) >= 11 is 5.81. The van der Waals surface area contributed by atoms with Gasteiger partial charge in [-0.05, 0) is 42.8 Å². The normalized spacial score (nSPS) is 10.5. The third-order valence-electron chi connectivity index (χ3n) is 2.49. The number of benzene rings is 1. The molecule has 0 amide bonds. The topological polar surface area (TPSA) is 30.2 Å². The molecule has 88 valence electrons. The first-order chi connectivity index (χ1) is 8.20. The fraction of sp³-hybridized carbons (Fsp3) is 0.214. The van der Waals surface area contributed by atoms with E-state index in [4.69, 9.17) is 16.0 Å². The molecule has 0 spiro atoms. The first-order valence-electron chi connectivity index (χ1n) is 5.59. The second kappa shape index (κ2) is 5.19. The fourth-order valence-corrected chi connectivity index (χ4v) is 1.73. The highest BCUT2D eigenvalue weighted by Crippen LogP contribution is 2.24. The average molecular weight is 249 g/mol. The summed E-state index contributed by atoms with van der Waals surface area (Å²) in [5.74, 6) is 1.17. The quantitative estimate of drug-likeness (QED) is 0.741. The minimum absolute atomic E-state index is 0.0488. The van der Waals surface area contributed by atoms with E-state index in [1.54, 1.807) is 18.2 Å². The minimum atomic E-state index is 0.0488. The van der Waals surface area contributed by atoms with Gasteiger partial charge in [0.15, 0.2) is 11.5 Å². The van der Waals surface area contributed by atoms with Crippen molar-refractivity contribution in [2.45, 2.75) is 19.8 Å². The maximum atomic E-state index is 11.6. The lowest BCUT2D eigenvalue weighted by atomic mass is 10.2. The first-order valence-corrected chi connectivity index (χ1v) is 5.97. The first kappa shape index (κ1) is 11.9. The van der Waals surface area contributed by atoms with Gasteiger partial charge in [0.05, 0.1) is 0 Å². The summed E-state index contributed by atoms with van der Waals surface area (Å²) in [5.41, 5.74) is 0.921. The summed E-state index contributed by atoms with van der Waals surface area (Å²) in [6.07, 6.45) is 1.35. The standard InChI is InChI=1S/C14H13ClO2/c1-2-3-12(16)14-9-8-13(17-14)10-4-6-11(15)7-5-10/h4-9H,2-3H2,1H3. The smallest absolute Gasteiger partial charge is 0.198 e. The Balaban J connectivity index is 2.23. The number of furan rings is 1. The Kier molecular flexibility index (Phi) is 3.64. The van der Waals surface area contributed by atoms with E-state index in [2.05, 4.69) is 0 Å². The van der Waals surface area contributed by atoms with Crippen LogP contribution in [-0.2, 0) is 0 Å². The van der Waals surface area contributed by atoms with Crippen LogP contribution in [0.2, 0.25) is 5.02 Å². The molecule has 0 unspecified atom stereocenters. The van der Waals surface area contributed by atoms with Gasteiger partial charge in [-0.1, -0.05) is 18.5 Å². The molecule has 2 aromatic rings. The maximum Gasteiger partial charge on any atom is 0.198 e. The van der Waals surface area contributed by atoms with Gasteiger partial charge in [0.1, 0.15) is 5.76 Å². The number of hydrogen-bond donors (Lipinski definition) is 0. The summed E-state index contributed by atoms with van der Waals surface area (Å²) in [4.78, 5) is 11.6. The summed E-state index contributed by atoms with van der Waals surface area (Å²) in [6.45, 7) is 1.97. The highest BCUT2D eigenvalue weighted by atomic mass is 35.5. The van der Waals surface area contributed by atoms with Crippen LogP contribution in [0.4, 0.5) is 0 Å². The zero-order valence-corrected chi connectivity index (χ0v) is 10.3. The molecule has 0 fully saturated rings. The third kappa shape index (κ3) is 2.77. The highest BCUT2D eigenvalue weighted by Gasteiger charge is 2.10. The lowest BCUT2D eigenvalue weighted by Crippen LogP contribution is -1.94. The summed E-state index contributed by atoms with van der Waals surface area (Å²) in [6, 6.07) is 10.9. The molecule has 0 N–H and O–H groups in total. The van der Waals surface area contributed by atoms with Crippen molar-refractivity contribution in [3.05, 3.63) is 47.2 Å².